The molecule has 116 valence electrons. The molecule has 0 unspecified atom stereocenters. The van der Waals surface area contributed by atoms with Gasteiger partial charge in [-0.1, -0.05) is 18.2 Å². The first-order valence-electron chi connectivity index (χ1n) is 7.22. The van der Waals surface area contributed by atoms with Crippen molar-refractivity contribution >= 4 is 34.1 Å². The maximum absolute atomic E-state index is 12.5. The van der Waals surface area contributed by atoms with Crippen LogP contribution in [0.4, 0.5) is 0 Å². The van der Waals surface area contributed by atoms with Crippen molar-refractivity contribution in [1.29, 1.82) is 0 Å². The molecule has 1 aromatic carbocycles. The van der Waals surface area contributed by atoms with Crippen LogP contribution in [0.1, 0.15) is 11.3 Å². The smallest absolute Gasteiger partial charge is 0.278 e. The summed E-state index contributed by atoms with van der Waals surface area (Å²) in [6.45, 7) is 0. The molecule has 4 rings (SSSR count). The molecule has 7 heteroatoms. The van der Waals surface area contributed by atoms with E-state index in [1.165, 1.54) is 0 Å². The molecule has 24 heavy (non-hydrogen) atoms. The van der Waals surface area contributed by atoms with Crippen molar-refractivity contribution in [2.24, 2.45) is 0 Å². The van der Waals surface area contributed by atoms with Gasteiger partial charge in [-0.15, -0.1) is 0 Å². The van der Waals surface area contributed by atoms with E-state index < -0.39 is 5.56 Å². The second kappa shape index (κ2) is 5.54. The number of rotatable bonds is 2. The molecular formula is C17H11N5O2. The molecule has 0 saturated heterocycles. The highest BCUT2D eigenvalue weighted by atomic mass is 16.1. The summed E-state index contributed by atoms with van der Waals surface area (Å²) in [5.74, 6) is 0. The van der Waals surface area contributed by atoms with E-state index in [4.69, 9.17) is 0 Å². The second-order valence-electron chi connectivity index (χ2n) is 5.20. The van der Waals surface area contributed by atoms with Crippen LogP contribution in [0.2, 0.25) is 0 Å². The minimum Gasteiger partial charge on any atom is -0.320 e. The summed E-state index contributed by atoms with van der Waals surface area (Å²) in [4.78, 5) is 31.5. The number of pyridine rings is 1. The number of H-pyrrole nitrogens is 2. The van der Waals surface area contributed by atoms with Crippen molar-refractivity contribution in [2.45, 2.75) is 0 Å². The van der Waals surface area contributed by atoms with Crippen molar-refractivity contribution in [3.8, 4) is 0 Å². The van der Waals surface area contributed by atoms with Crippen molar-refractivity contribution in [1.82, 2.24) is 25.4 Å². The molecule has 0 saturated carbocycles. The third-order valence-corrected chi connectivity index (χ3v) is 3.65. The van der Waals surface area contributed by atoms with Gasteiger partial charge in [0.15, 0.2) is 11.0 Å². The zero-order valence-electron chi connectivity index (χ0n) is 12.4. The molecule has 0 atom stereocenters. The molecule has 3 aromatic heterocycles. The Balaban J connectivity index is 1.90. The number of hydrogen-bond donors (Lipinski definition) is 2. The molecule has 0 bridgehead atoms. The number of benzene rings is 1. The maximum Gasteiger partial charge on any atom is 0.278 e. The van der Waals surface area contributed by atoms with Gasteiger partial charge in [-0.2, -0.15) is 15.4 Å². The Bertz CT molecular complexity index is 1190. The summed E-state index contributed by atoms with van der Waals surface area (Å²) in [5.41, 5.74) is 1.32. The lowest BCUT2D eigenvalue weighted by molar-refractivity contribution is 0.955. The van der Waals surface area contributed by atoms with Gasteiger partial charge < -0.3 is 4.98 Å². The first-order valence-corrected chi connectivity index (χ1v) is 7.22. The van der Waals surface area contributed by atoms with Gasteiger partial charge in [0.05, 0.1) is 11.2 Å². The van der Waals surface area contributed by atoms with Crippen molar-refractivity contribution in [3.05, 3.63) is 74.4 Å². The quantitative estimate of drug-likeness (QED) is 0.586. The van der Waals surface area contributed by atoms with Gasteiger partial charge in [-0.25, -0.2) is 0 Å². The standard InChI is InChI=1S/C17H11N5O2/c23-16-12-7-5-10(4-6-11-3-1-2-8-18-11)9-13(12)19-17(24)15-14(16)20-22-21-15/h1-9H,(H,19,24)(H,20,21,22). The van der Waals surface area contributed by atoms with E-state index in [0.717, 1.165) is 11.3 Å². The monoisotopic (exact) mass is 317 g/mol. The SMILES string of the molecule is O=c1[nH]c2cc(C=Cc3ccccn3)ccc2c(=O)c2n[nH]nc12. The molecule has 3 heterocycles. The Kier molecular flexibility index (Phi) is 3.24. The van der Waals surface area contributed by atoms with Crippen LogP contribution in [0, 0.1) is 0 Å². The molecule has 4 aromatic rings. The molecule has 7 nitrogen and oxygen atoms in total. The van der Waals surface area contributed by atoms with E-state index in [0.29, 0.717) is 10.9 Å². The summed E-state index contributed by atoms with van der Waals surface area (Å²) in [7, 11) is 0. The first-order chi connectivity index (χ1) is 11.7. The topological polar surface area (TPSA) is 104 Å². The largest absolute Gasteiger partial charge is 0.320 e. The van der Waals surface area contributed by atoms with E-state index in [1.54, 1.807) is 24.4 Å². The van der Waals surface area contributed by atoms with Crippen LogP contribution in [-0.2, 0) is 0 Å². The van der Waals surface area contributed by atoms with Crippen molar-refractivity contribution in [3.63, 3.8) is 0 Å². The number of aromatic amines is 2. The van der Waals surface area contributed by atoms with Gasteiger partial charge in [-0.3, -0.25) is 14.6 Å². The molecule has 0 aliphatic rings. The molecule has 0 spiro atoms. The maximum atomic E-state index is 12.5. The minimum absolute atomic E-state index is 0.00165. The second-order valence-corrected chi connectivity index (χ2v) is 5.20. The van der Waals surface area contributed by atoms with Gasteiger partial charge >= 0.3 is 0 Å². The summed E-state index contributed by atoms with van der Waals surface area (Å²) in [5, 5.41) is 10.2. The molecule has 0 radical (unpaired) electrons. The van der Waals surface area contributed by atoms with E-state index in [2.05, 4.69) is 25.4 Å². The fourth-order valence-electron chi connectivity index (χ4n) is 2.48. The Hall–Kier alpha value is -3.61. The molecule has 0 aliphatic carbocycles. The van der Waals surface area contributed by atoms with Gasteiger partial charge in [0, 0.05) is 11.6 Å². The molecule has 0 fully saturated rings. The van der Waals surface area contributed by atoms with Crippen LogP contribution < -0.4 is 11.0 Å². The number of aromatic nitrogens is 5. The lowest BCUT2D eigenvalue weighted by atomic mass is 10.1. The zero-order valence-corrected chi connectivity index (χ0v) is 12.4. The highest BCUT2D eigenvalue weighted by molar-refractivity contribution is 5.88. The predicted octanol–water partition coefficient (Wildman–Crippen LogP) is 1.72. The third kappa shape index (κ3) is 2.38. The van der Waals surface area contributed by atoms with Crippen molar-refractivity contribution < 1.29 is 0 Å². The molecule has 2 N–H and O–H groups in total. The van der Waals surface area contributed by atoms with Gasteiger partial charge in [0.25, 0.3) is 5.56 Å². The molecule has 0 amide bonds. The summed E-state index contributed by atoms with van der Waals surface area (Å²) in [6, 6.07) is 10.8. The van der Waals surface area contributed by atoms with Crippen LogP contribution in [0.25, 0.3) is 34.1 Å². The highest BCUT2D eigenvalue weighted by Gasteiger charge is 2.09. The summed E-state index contributed by atoms with van der Waals surface area (Å²) in [6.07, 6.45) is 5.43. The zero-order chi connectivity index (χ0) is 16.5. The van der Waals surface area contributed by atoms with Gasteiger partial charge in [0.2, 0.25) is 5.43 Å². The fourth-order valence-corrected chi connectivity index (χ4v) is 2.48. The Morgan fingerprint density at radius 3 is 2.67 bits per heavy atom. The van der Waals surface area contributed by atoms with Crippen molar-refractivity contribution in [2.75, 3.05) is 0 Å². The van der Waals surface area contributed by atoms with Crippen LogP contribution in [0.5, 0.6) is 0 Å². The van der Waals surface area contributed by atoms with Gasteiger partial charge in [0.1, 0.15) is 0 Å². The fraction of sp³-hybridized carbons (Fsp3) is 0. The number of nitrogens with one attached hydrogen (secondary N) is 2. The molecule has 0 aliphatic heterocycles. The van der Waals surface area contributed by atoms with Gasteiger partial charge in [-0.05, 0) is 35.9 Å². The highest BCUT2D eigenvalue weighted by Crippen LogP contribution is 2.13. The van der Waals surface area contributed by atoms with Crippen LogP contribution in [0.3, 0.4) is 0 Å². The first kappa shape index (κ1) is 14.0. The van der Waals surface area contributed by atoms with E-state index in [9.17, 15) is 9.59 Å². The summed E-state index contributed by atoms with van der Waals surface area (Å²) < 4.78 is 0. The predicted molar refractivity (Wildman–Crippen MR) is 91.5 cm³/mol. The number of fused-ring (bicyclic) bond motifs is 2. The average molecular weight is 317 g/mol. The van der Waals surface area contributed by atoms with Crippen LogP contribution in [-0.4, -0.2) is 25.4 Å². The number of hydrogen-bond acceptors (Lipinski definition) is 5. The summed E-state index contributed by atoms with van der Waals surface area (Å²) >= 11 is 0. The lowest BCUT2D eigenvalue weighted by Crippen LogP contribution is -2.02. The Morgan fingerprint density at radius 2 is 1.83 bits per heavy atom. The average Bonchev–Trinajstić information content (AvgIpc) is 3.07. The van der Waals surface area contributed by atoms with E-state index >= 15 is 0 Å². The van der Waals surface area contributed by atoms with E-state index in [-0.39, 0.29) is 16.5 Å². The van der Waals surface area contributed by atoms with Crippen LogP contribution >= 0.6 is 0 Å². The Morgan fingerprint density at radius 1 is 0.958 bits per heavy atom. The minimum atomic E-state index is -0.461. The lowest BCUT2D eigenvalue weighted by Gasteiger charge is -1.96. The van der Waals surface area contributed by atoms with E-state index in [1.807, 2.05) is 30.4 Å². The molecular weight excluding hydrogens is 306 g/mol. The number of nitrogens with zero attached hydrogens (tertiary/aromatic N) is 3. The normalized spacial score (nSPS) is 11.5. The Labute approximate surface area is 134 Å². The third-order valence-electron chi connectivity index (χ3n) is 3.65. The van der Waals surface area contributed by atoms with Crippen LogP contribution in [0.15, 0.2) is 52.2 Å².